The van der Waals surface area contributed by atoms with Crippen molar-refractivity contribution >= 4 is 44.0 Å². The van der Waals surface area contributed by atoms with Gasteiger partial charge in [0.25, 0.3) is 0 Å². The van der Waals surface area contributed by atoms with Gasteiger partial charge < -0.3 is 5.32 Å². The maximum atomic E-state index is 9.16. The average Bonchev–Trinajstić information content (AvgIpc) is 3.05. The monoisotopic (exact) mass is 359 g/mol. The Kier molecular flexibility index (Phi) is 3.82. The molecular formula is C20H17N5S. The fourth-order valence-corrected chi connectivity index (χ4v) is 3.77. The maximum Gasteiger partial charge on any atom is 0.195 e. The number of hydrogen-bond donors (Lipinski definition) is 1. The average molecular weight is 359 g/mol. The van der Waals surface area contributed by atoms with Crippen molar-refractivity contribution in [2.75, 3.05) is 5.32 Å². The van der Waals surface area contributed by atoms with Crippen LogP contribution in [0.15, 0.2) is 42.7 Å². The number of nitriles is 1. The van der Waals surface area contributed by atoms with Crippen molar-refractivity contribution in [3.05, 3.63) is 53.3 Å². The van der Waals surface area contributed by atoms with Gasteiger partial charge in [0, 0.05) is 5.69 Å². The van der Waals surface area contributed by atoms with Gasteiger partial charge in [0.1, 0.15) is 18.2 Å². The van der Waals surface area contributed by atoms with Crippen LogP contribution >= 0.6 is 11.3 Å². The summed E-state index contributed by atoms with van der Waals surface area (Å²) in [5.74, 6) is 0.720. The number of nitrogens with one attached hydrogen (secondary N) is 1. The van der Waals surface area contributed by atoms with Gasteiger partial charge in [-0.2, -0.15) is 5.26 Å². The van der Waals surface area contributed by atoms with Gasteiger partial charge in [-0.25, -0.2) is 15.0 Å². The number of hydrogen-bond acceptors (Lipinski definition) is 6. The molecule has 0 fully saturated rings. The molecule has 0 saturated carbocycles. The molecule has 0 radical (unpaired) electrons. The lowest BCUT2D eigenvalue weighted by Gasteiger charge is -2.19. The lowest BCUT2D eigenvalue weighted by Crippen LogP contribution is -2.10. The highest BCUT2D eigenvalue weighted by molar-refractivity contribution is 7.20. The molecule has 0 spiro atoms. The molecule has 0 atom stereocenters. The van der Waals surface area contributed by atoms with Crippen LogP contribution in [0.4, 0.5) is 11.5 Å². The van der Waals surface area contributed by atoms with Gasteiger partial charge >= 0.3 is 0 Å². The first-order valence-electron chi connectivity index (χ1n) is 8.27. The Morgan fingerprint density at radius 3 is 2.42 bits per heavy atom. The van der Waals surface area contributed by atoms with Crippen LogP contribution in [0.25, 0.3) is 21.1 Å². The van der Waals surface area contributed by atoms with E-state index in [4.69, 9.17) is 5.26 Å². The summed E-state index contributed by atoms with van der Waals surface area (Å²) < 4.78 is 0.925. The third-order valence-electron chi connectivity index (χ3n) is 4.27. The Bertz CT molecular complexity index is 1150. The molecule has 128 valence electrons. The summed E-state index contributed by atoms with van der Waals surface area (Å²) in [4.78, 5) is 13.1. The van der Waals surface area contributed by atoms with Gasteiger partial charge in [0.05, 0.1) is 21.1 Å². The SMILES string of the molecule is CC(C)(C)c1ccc(Nc2ncnc3ccc4nc(C#N)sc4c23)cc1. The maximum absolute atomic E-state index is 9.16. The zero-order valence-corrected chi connectivity index (χ0v) is 15.6. The van der Waals surface area contributed by atoms with E-state index in [1.165, 1.54) is 16.9 Å². The minimum atomic E-state index is 0.114. The molecule has 1 N–H and O–H groups in total. The number of thiazole rings is 1. The largest absolute Gasteiger partial charge is 0.340 e. The molecule has 4 rings (SSSR count). The highest BCUT2D eigenvalue weighted by atomic mass is 32.1. The second-order valence-electron chi connectivity index (χ2n) is 7.11. The van der Waals surface area contributed by atoms with Crippen molar-refractivity contribution in [1.82, 2.24) is 15.0 Å². The normalized spacial score (nSPS) is 11.6. The lowest BCUT2D eigenvalue weighted by atomic mass is 9.87. The first-order valence-corrected chi connectivity index (χ1v) is 9.09. The molecule has 6 heteroatoms. The van der Waals surface area contributed by atoms with E-state index in [9.17, 15) is 0 Å². The van der Waals surface area contributed by atoms with E-state index in [2.05, 4.69) is 71.4 Å². The number of fused-ring (bicyclic) bond motifs is 3. The zero-order valence-electron chi connectivity index (χ0n) is 14.7. The van der Waals surface area contributed by atoms with E-state index in [1.54, 1.807) is 6.33 Å². The quantitative estimate of drug-likeness (QED) is 0.535. The summed E-state index contributed by atoms with van der Waals surface area (Å²) in [6.07, 6.45) is 1.55. The molecule has 0 amide bonds. The molecule has 4 aromatic rings. The third-order valence-corrected chi connectivity index (χ3v) is 5.26. The molecule has 0 aliphatic carbocycles. The second-order valence-corrected chi connectivity index (χ2v) is 8.11. The number of benzene rings is 2. The summed E-state index contributed by atoms with van der Waals surface area (Å²) in [5, 5.41) is 13.9. The minimum Gasteiger partial charge on any atom is -0.340 e. The zero-order chi connectivity index (χ0) is 18.3. The number of rotatable bonds is 2. The van der Waals surface area contributed by atoms with Gasteiger partial charge in [-0.3, -0.25) is 0 Å². The van der Waals surface area contributed by atoms with Crippen LogP contribution in [0.2, 0.25) is 0 Å². The van der Waals surface area contributed by atoms with Crippen LogP contribution in [0.5, 0.6) is 0 Å². The van der Waals surface area contributed by atoms with Gasteiger partial charge in [-0.15, -0.1) is 11.3 Å². The summed E-state index contributed by atoms with van der Waals surface area (Å²) in [6, 6.07) is 14.3. The highest BCUT2D eigenvalue weighted by Gasteiger charge is 2.15. The van der Waals surface area contributed by atoms with E-state index in [-0.39, 0.29) is 5.41 Å². The predicted molar refractivity (Wildman–Crippen MR) is 106 cm³/mol. The molecule has 0 unspecified atom stereocenters. The van der Waals surface area contributed by atoms with Crippen molar-refractivity contribution in [3.63, 3.8) is 0 Å². The highest BCUT2D eigenvalue weighted by Crippen LogP contribution is 2.34. The predicted octanol–water partition coefficient (Wildman–Crippen LogP) is 5.15. The molecule has 0 bridgehead atoms. The molecule has 2 aromatic carbocycles. The van der Waals surface area contributed by atoms with Crippen LogP contribution in [0.3, 0.4) is 0 Å². The number of nitrogens with zero attached hydrogens (tertiary/aromatic N) is 4. The van der Waals surface area contributed by atoms with E-state index in [0.29, 0.717) is 5.01 Å². The fraction of sp³-hybridized carbons (Fsp3) is 0.200. The molecule has 2 aromatic heterocycles. The second kappa shape index (κ2) is 6.04. The Morgan fingerprint density at radius 2 is 1.73 bits per heavy atom. The van der Waals surface area contributed by atoms with Crippen molar-refractivity contribution in [3.8, 4) is 6.07 Å². The van der Waals surface area contributed by atoms with Crippen molar-refractivity contribution in [2.45, 2.75) is 26.2 Å². The van der Waals surface area contributed by atoms with E-state index in [1.807, 2.05) is 12.1 Å². The van der Waals surface area contributed by atoms with Crippen molar-refractivity contribution in [1.29, 1.82) is 5.26 Å². The van der Waals surface area contributed by atoms with Gasteiger partial charge in [-0.05, 0) is 35.2 Å². The van der Waals surface area contributed by atoms with Crippen LogP contribution in [-0.4, -0.2) is 15.0 Å². The summed E-state index contributed by atoms with van der Waals surface area (Å²) in [6.45, 7) is 6.59. The van der Waals surface area contributed by atoms with E-state index in [0.717, 1.165) is 32.6 Å². The third kappa shape index (κ3) is 2.87. The topological polar surface area (TPSA) is 74.5 Å². The number of aromatic nitrogens is 3. The van der Waals surface area contributed by atoms with Crippen LogP contribution in [0, 0.1) is 11.3 Å². The van der Waals surface area contributed by atoms with E-state index >= 15 is 0 Å². The van der Waals surface area contributed by atoms with Gasteiger partial charge in [-0.1, -0.05) is 32.9 Å². The Balaban J connectivity index is 1.81. The summed E-state index contributed by atoms with van der Waals surface area (Å²) >= 11 is 1.37. The molecule has 5 nitrogen and oxygen atoms in total. The summed E-state index contributed by atoms with van der Waals surface area (Å²) in [5.41, 5.74) is 3.97. The molecular weight excluding hydrogens is 342 g/mol. The van der Waals surface area contributed by atoms with Crippen molar-refractivity contribution < 1.29 is 0 Å². The molecule has 0 saturated heterocycles. The Hall–Kier alpha value is -3.04. The van der Waals surface area contributed by atoms with Crippen LogP contribution in [0.1, 0.15) is 31.3 Å². The molecule has 26 heavy (non-hydrogen) atoms. The molecule has 2 heterocycles. The van der Waals surface area contributed by atoms with E-state index < -0.39 is 0 Å². The Labute approximate surface area is 155 Å². The van der Waals surface area contributed by atoms with Crippen LogP contribution < -0.4 is 5.32 Å². The standard InChI is InChI=1S/C20H17N5S/c1-20(2,3)12-4-6-13(7-5-12)24-19-17-14(22-11-23-19)8-9-15-18(17)26-16(10-21)25-15/h4-9,11H,1-3H3,(H,22,23,24). The summed E-state index contributed by atoms with van der Waals surface area (Å²) in [7, 11) is 0. The molecule has 0 aliphatic rings. The van der Waals surface area contributed by atoms with Gasteiger partial charge in [0.15, 0.2) is 5.01 Å². The fourth-order valence-electron chi connectivity index (χ4n) is 2.86. The first-order chi connectivity index (χ1) is 12.5. The lowest BCUT2D eigenvalue weighted by molar-refractivity contribution is 0.590. The number of anilines is 2. The van der Waals surface area contributed by atoms with Crippen LogP contribution in [-0.2, 0) is 5.41 Å². The van der Waals surface area contributed by atoms with Gasteiger partial charge in [0.2, 0.25) is 0 Å². The smallest absolute Gasteiger partial charge is 0.195 e. The Morgan fingerprint density at radius 1 is 1.00 bits per heavy atom. The minimum absolute atomic E-state index is 0.114. The first kappa shape index (κ1) is 16.4. The van der Waals surface area contributed by atoms with Crippen molar-refractivity contribution in [2.24, 2.45) is 0 Å². The molecule has 0 aliphatic heterocycles.